The zero-order valence-electron chi connectivity index (χ0n) is 10.8. The summed E-state index contributed by atoms with van der Waals surface area (Å²) in [7, 11) is 0. The van der Waals surface area contributed by atoms with Crippen molar-refractivity contribution in [1.82, 2.24) is 9.97 Å². The summed E-state index contributed by atoms with van der Waals surface area (Å²) in [5.74, 6) is 0.0485. The smallest absolute Gasteiger partial charge is 0.254 e. The Morgan fingerprint density at radius 1 is 1.30 bits per heavy atom. The zero-order chi connectivity index (χ0) is 14.1. The lowest BCUT2D eigenvalue weighted by atomic mass is 10.0. The molecule has 3 rings (SSSR count). The van der Waals surface area contributed by atoms with Crippen molar-refractivity contribution in [2.75, 3.05) is 0 Å². The molecular formula is C15H14ClFN2O. The molecule has 0 unspecified atom stereocenters. The van der Waals surface area contributed by atoms with Crippen LogP contribution in [-0.4, -0.2) is 9.97 Å². The SMILES string of the molecule is O=c1[nH]c(-c2cc(Cl)ccc2F)ncc1C1CCCC1. The Bertz CT molecular complexity index is 693. The van der Waals surface area contributed by atoms with E-state index in [0.717, 1.165) is 25.7 Å². The van der Waals surface area contributed by atoms with Gasteiger partial charge in [0, 0.05) is 16.8 Å². The number of aromatic nitrogens is 2. The lowest BCUT2D eigenvalue weighted by Gasteiger charge is -2.09. The van der Waals surface area contributed by atoms with Gasteiger partial charge in [-0.3, -0.25) is 4.79 Å². The van der Waals surface area contributed by atoms with Gasteiger partial charge in [0.15, 0.2) is 0 Å². The summed E-state index contributed by atoms with van der Waals surface area (Å²) in [6.45, 7) is 0. The van der Waals surface area contributed by atoms with Gasteiger partial charge < -0.3 is 4.98 Å². The molecule has 0 aliphatic heterocycles. The van der Waals surface area contributed by atoms with Gasteiger partial charge in [-0.25, -0.2) is 9.37 Å². The maximum absolute atomic E-state index is 13.8. The van der Waals surface area contributed by atoms with Crippen molar-refractivity contribution in [3.63, 3.8) is 0 Å². The second kappa shape index (κ2) is 5.37. The summed E-state index contributed by atoms with van der Waals surface area (Å²) in [5.41, 5.74) is 0.738. The van der Waals surface area contributed by atoms with Crippen molar-refractivity contribution in [2.24, 2.45) is 0 Å². The molecule has 5 heteroatoms. The average Bonchev–Trinajstić information content (AvgIpc) is 2.95. The molecule has 0 bridgehead atoms. The minimum absolute atomic E-state index is 0.179. The molecule has 0 atom stereocenters. The molecule has 0 spiro atoms. The van der Waals surface area contributed by atoms with E-state index in [1.165, 1.54) is 18.2 Å². The first kappa shape index (κ1) is 13.3. The van der Waals surface area contributed by atoms with Crippen LogP contribution in [0.2, 0.25) is 5.02 Å². The standard InChI is InChI=1S/C15H14ClFN2O/c16-10-5-6-13(17)11(7-10)14-18-8-12(15(20)19-14)9-3-1-2-4-9/h5-9H,1-4H2,(H,18,19,20). The van der Waals surface area contributed by atoms with Crippen molar-refractivity contribution in [3.8, 4) is 11.4 Å². The first-order valence-electron chi connectivity index (χ1n) is 6.70. The molecule has 2 aromatic rings. The number of hydrogen-bond acceptors (Lipinski definition) is 2. The molecule has 0 saturated heterocycles. The number of benzene rings is 1. The Labute approximate surface area is 120 Å². The van der Waals surface area contributed by atoms with Gasteiger partial charge >= 0.3 is 0 Å². The highest BCUT2D eigenvalue weighted by Gasteiger charge is 2.21. The van der Waals surface area contributed by atoms with Crippen LogP contribution in [0.1, 0.15) is 37.2 Å². The molecule has 3 nitrogen and oxygen atoms in total. The molecule has 1 aromatic heterocycles. The Morgan fingerprint density at radius 3 is 2.75 bits per heavy atom. The summed E-state index contributed by atoms with van der Waals surface area (Å²) in [5, 5.41) is 0.406. The van der Waals surface area contributed by atoms with Gasteiger partial charge in [0.1, 0.15) is 11.6 Å². The number of H-pyrrole nitrogens is 1. The number of nitrogens with one attached hydrogen (secondary N) is 1. The molecule has 1 fully saturated rings. The van der Waals surface area contributed by atoms with Gasteiger partial charge in [-0.05, 0) is 37.0 Å². The van der Waals surface area contributed by atoms with E-state index in [2.05, 4.69) is 9.97 Å². The largest absolute Gasteiger partial charge is 0.306 e. The van der Waals surface area contributed by atoms with Crippen molar-refractivity contribution in [1.29, 1.82) is 0 Å². The third-order valence-electron chi connectivity index (χ3n) is 3.81. The molecule has 1 N–H and O–H groups in total. The van der Waals surface area contributed by atoms with Crippen molar-refractivity contribution in [3.05, 3.63) is 51.2 Å². The zero-order valence-corrected chi connectivity index (χ0v) is 11.6. The predicted octanol–water partition coefficient (Wildman–Crippen LogP) is 3.89. The van der Waals surface area contributed by atoms with Crippen LogP contribution in [-0.2, 0) is 0 Å². The number of aromatic amines is 1. The Kier molecular flexibility index (Phi) is 3.57. The monoisotopic (exact) mass is 292 g/mol. The van der Waals surface area contributed by atoms with Gasteiger partial charge in [0.05, 0.1) is 5.56 Å². The maximum atomic E-state index is 13.8. The van der Waals surface area contributed by atoms with Crippen LogP contribution in [0.3, 0.4) is 0 Å². The molecule has 104 valence electrons. The fourth-order valence-electron chi connectivity index (χ4n) is 2.75. The minimum atomic E-state index is -0.453. The molecule has 1 aliphatic rings. The van der Waals surface area contributed by atoms with Crippen LogP contribution in [0.25, 0.3) is 11.4 Å². The van der Waals surface area contributed by atoms with Gasteiger partial charge in [-0.15, -0.1) is 0 Å². The predicted molar refractivity (Wildman–Crippen MR) is 76.5 cm³/mol. The van der Waals surface area contributed by atoms with E-state index in [1.54, 1.807) is 6.20 Å². The average molecular weight is 293 g/mol. The summed E-state index contributed by atoms with van der Waals surface area (Å²) in [6.07, 6.45) is 5.92. The fourth-order valence-corrected chi connectivity index (χ4v) is 2.92. The van der Waals surface area contributed by atoms with Gasteiger partial charge in [0.25, 0.3) is 5.56 Å². The summed E-state index contributed by atoms with van der Waals surface area (Å²) in [4.78, 5) is 19.0. The van der Waals surface area contributed by atoms with Crippen LogP contribution in [0.4, 0.5) is 4.39 Å². The highest BCUT2D eigenvalue weighted by atomic mass is 35.5. The van der Waals surface area contributed by atoms with E-state index < -0.39 is 5.82 Å². The Hall–Kier alpha value is -1.68. The summed E-state index contributed by atoms with van der Waals surface area (Å²) in [6, 6.07) is 4.19. The number of nitrogens with zero attached hydrogens (tertiary/aromatic N) is 1. The molecule has 1 aliphatic carbocycles. The van der Waals surface area contributed by atoms with Gasteiger partial charge in [-0.1, -0.05) is 24.4 Å². The molecule has 20 heavy (non-hydrogen) atoms. The van der Waals surface area contributed by atoms with Crippen LogP contribution in [0.15, 0.2) is 29.2 Å². The van der Waals surface area contributed by atoms with Crippen molar-refractivity contribution in [2.45, 2.75) is 31.6 Å². The van der Waals surface area contributed by atoms with E-state index in [4.69, 9.17) is 11.6 Å². The minimum Gasteiger partial charge on any atom is -0.306 e. The number of rotatable bonds is 2. The Morgan fingerprint density at radius 2 is 2.05 bits per heavy atom. The van der Waals surface area contributed by atoms with E-state index in [0.29, 0.717) is 10.6 Å². The first-order valence-corrected chi connectivity index (χ1v) is 7.07. The maximum Gasteiger partial charge on any atom is 0.254 e. The molecule has 1 aromatic carbocycles. The van der Waals surface area contributed by atoms with Crippen molar-refractivity contribution >= 4 is 11.6 Å². The van der Waals surface area contributed by atoms with Crippen molar-refractivity contribution < 1.29 is 4.39 Å². The van der Waals surface area contributed by atoms with E-state index in [9.17, 15) is 9.18 Å². The van der Waals surface area contributed by atoms with E-state index in [1.807, 2.05) is 0 Å². The summed E-state index contributed by atoms with van der Waals surface area (Å²) >= 11 is 5.85. The quantitative estimate of drug-likeness (QED) is 0.913. The van der Waals surface area contributed by atoms with Crippen LogP contribution < -0.4 is 5.56 Å². The molecule has 1 saturated carbocycles. The van der Waals surface area contributed by atoms with Crippen LogP contribution in [0, 0.1) is 5.82 Å². The third kappa shape index (κ3) is 2.48. The van der Waals surface area contributed by atoms with E-state index in [-0.39, 0.29) is 22.9 Å². The lowest BCUT2D eigenvalue weighted by molar-refractivity contribution is 0.629. The van der Waals surface area contributed by atoms with E-state index >= 15 is 0 Å². The normalized spacial score (nSPS) is 15.7. The van der Waals surface area contributed by atoms with Crippen LogP contribution >= 0.6 is 11.6 Å². The van der Waals surface area contributed by atoms with Gasteiger partial charge in [0.2, 0.25) is 0 Å². The second-order valence-corrected chi connectivity index (χ2v) is 5.56. The topological polar surface area (TPSA) is 45.8 Å². The third-order valence-corrected chi connectivity index (χ3v) is 4.04. The van der Waals surface area contributed by atoms with Gasteiger partial charge in [-0.2, -0.15) is 0 Å². The molecule has 0 radical (unpaired) electrons. The molecule has 1 heterocycles. The van der Waals surface area contributed by atoms with Crippen LogP contribution in [0.5, 0.6) is 0 Å². The highest BCUT2D eigenvalue weighted by Crippen LogP contribution is 2.32. The fraction of sp³-hybridized carbons (Fsp3) is 0.333. The lowest BCUT2D eigenvalue weighted by Crippen LogP contribution is -2.17. The molecule has 0 amide bonds. The first-order chi connectivity index (χ1) is 9.65. The number of hydrogen-bond donors (Lipinski definition) is 1. The molecular weight excluding hydrogens is 279 g/mol. The summed E-state index contributed by atoms with van der Waals surface area (Å²) < 4.78 is 13.8. The number of halogens is 2. The Balaban J connectivity index is 2.01. The highest BCUT2D eigenvalue weighted by molar-refractivity contribution is 6.30. The second-order valence-electron chi connectivity index (χ2n) is 5.12.